The van der Waals surface area contributed by atoms with E-state index in [9.17, 15) is 23.1 Å². The summed E-state index contributed by atoms with van der Waals surface area (Å²) >= 11 is 0. The lowest BCUT2D eigenvalue weighted by molar-refractivity contribution is 0.0526. The molecule has 1 aromatic heterocycles. The monoisotopic (exact) mass is 430 g/mol. The number of hydrogen-bond donors (Lipinski definition) is 2. The Labute approximate surface area is 174 Å². The largest absolute Gasteiger partial charge is 0.464 e. The zero-order valence-corrected chi connectivity index (χ0v) is 17.6. The van der Waals surface area contributed by atoms with Crippen molar-refractivity contribution in [2.75, 3.05) is 17.1 Å². The molecule has 0 bridgehead atoms. The second-order valence-electron chi connectivity index (χ2n) is 6.62. The molecule has 3 aromatic rings. The molecule has 0 aliphatic rings. The Morgan fingerprint density at radius 3 is 2.50 bits per heavy atom. The molecule has 9 heteroatoms. The predicted octanol–water partition coefficient (Wildman–Crippen LogP) is 4.08. The lowest BCUT2D eigenvalue weighted by Gasteiger charge is -2.09. The highest BCUT2D eigenvalue weighted by molar-refractivity contribution is 7.92. The van der Waals surface area contributed by atoms with Crippen molar-refractivity contribution in [2.24, 2.45) is 0 Å². The van der Waals surface area contributed by atoms with Gasteiger partial charge in [-0.05, 0) is 56.7 Å². The third kappa shape index (κ3) is 4.02. The average molecular weight is 430 g/mol. The summed E-state index contributed by atoms with van der Waals surface area (Å²) in [6, 6.07) is 11.4. The molecule has 0 unspecified atom stereocenters. The molecule has 0 aliphatic heterocycles. The van der Waals surface area contributed by atoms with Crippen LogP contribution in [0.2, 0.25) is 0 Å². The minimum Gasteiger partial charge on any atom is -0.464 e. The molecular formula is C21H22N2O6S. The molecule has 0 saturated carbocycles. The lowest BCUT2D eigenvalue weighted by Crippen LogP contribution is -2.14. The van der Waals surface area contributed by atoms with Crippen LogP contribution in [0.3, 0.4) is 0 Å². The zero-order chi connectivity index (χ0) is 22.1. The first-order chi connectivity index (χ1) is 14.2. The minimum absolute atomic E-state index is 0.0719. The topological polar surface area (TPSA) is 115 Å². The van der Waals surface area contributed by atoms with Gasteiger partial charge in [0, 0.05) is 22.3 Å². The van der Waals surface area contributed by atoms with E-state index in [1.165, 1.54) is 13.0 Å². The Morgan fingerprint density at radius 2 is 1.87 bits per heavy atom. The average Bonchev–Trinajstić information content (AvgIpc) is 2.99. The van der Waals surface area contributed by atoms with Crippen LogP contribution in [-0.4, -0.2) is 42.5 Å². The Balaban J connectivity index is 2.24. The van der Waals surface area contributed by atoms with Crippen LogP contribution < -0.4 is 4.72 Å². The van der Waals surface area contributed by atoms with Gasteiger partial charge in [-0.1, -0.05) is 12.1 Å². The Morgan fingerprint density at radius 1 is 1.13 bits per heavy atom. The number of esters is 1. The second-order valence-corrected chi connectivity index (χ2v) is 8.63. The van der Waals surface area contributed by atoms with Crippen molar-refractivity contribution >= 4 is 38.7 Å². The number of benzene rings is 2. The molecule has 8 nitrogen and oxygen atoms in total. The Bertz CT molecular complexity index is 1240. The molecule has 158 valence electrons. The summed E-state index contributed by atoms with van der Waals surface area (Å²) < 4.78 is 32.5. The molecule has 2 aromatic carbocycles. The first-order valence-corrected chi connectivity index (χ1v) is 11.0. The third-order valence-corrected chi connectivity index (χ3v) is 6.02. The lowest BCUT2D eigenvalue weighted by atomic mass is 10.0. The zero-order valence-electron chi connectivity index (χ0n) is 16.8. The summed E-state index contributed by atoms with van der Waals surface area (Å²) in [6.45, 7) is 5.12. The smallest absolute Gasteiger partial charge is 0.416 e. The molecular weight excluding hydrogens is 408 g/mol. The van der Waals surface area contributed by atoms with Gasteiger partial charge in [0.1, 0.15) is 0 Å². The highest BCUT2D eigenvalue weighted by Crippen LogP contribution is 2.36. The van der Waals surface area contributed by atoms with Crippen LogP contribution in [0.1, 0.15) is 29.9 Å². The fourth-order valence-corrected chi connectivity index (χ4v) is 3.99. The van der Waals surface area contributed by atoms with Gasteiger partial charge in [-0.25, -0.2) is 22.6 Å². The summed E-state index contributed by atoms with van der Waals surface area (Å²) in [7, 11) is -3.47. The first kappa shape index (κ1) is 21.4. The summed E-state index contributed by atoms with van der Waals surface area (Å²) in [5.74, 6) is -0.576. The first-order valence-electron chi connectivity index (χ1n) is 9.35. The van der Waals surface area contributed by atoms with Crippen molar-refractivity contribution in [1.29, 1.82) is 0 Å². The summed E-state index contributed by atoms with van der Waals surface area (Å²) in [4.78, 5) is 24.1. The highest BCUT2D eigenvalue weighted by atomic mass is 32.2. The quantitative estimate of drug-likeness (QED) is 0.570. The number of ether oxygens (including phenoxy) is 1. The maximum atomic E-state index is 12.2. The number of fused-ring (bicyclic) bond motifs is 1. The van der Waals surface area contributed by atoms with Gasteiger partial charge in [-0.2, -0.15) is 0 Å². The van der Waals surface area contributed by atoms with Gasteiger partial charge in [-0.15, -0.1) is 0 Å². The van der Waals surface area contributed by atoms with Gasteiger partial charge in [0.15, 0.2) is 0 Å². The number of rotatable bonds is 6. The van der Waals surface area contributed by atoms with E-state index < -0.39 is 22.1 Å². The highest BCUT2D eigenvalue weighted by Gasteiger charge is 2.21. The van der Waals surface area contributed by atoms with Gasteiger partial charge in [0.25, 0.3) is 0 Å². The van der Waals surface area contributed by atoms with E-state index in [-0.39, 0.29) is 12.4 Å². The van der Waals surface area contributed by atoms with E-state index in [4.69, 9.17) is 4.74 Å². The molecule has 30 heavy (non-hydrogen) atoms. The van der Waals surface area contributed by atoms with Crippen LogP contribution in [0.4, 0.5) is 10.5 Å². The summed E-state index contributed by atoms with van der Waals surface area (Å²) in [5.41, 5.74) is 2.75. The van der Waals surface area contributed by atoms with Crippen molar-refractivity contribution < 1.29 is 27.9 Å². The molecule has 2 N–H and O–H groups in total. The van der Waals surface area contributed by atoms with Crippen LogP contribution in [0.15, 0.2) is 42.5 Å². The maximum Gasteiger partial charge on any atom is 0.416 e. The van der Waals surface area contributed by atoms with Crippen LogP contribution in [-0.2, 0) is 14.8 Å². The molecule has 0 saturated heterocycles. The van der Waals surface area contributed by atoms with Crippen molar-refractivity contribution in [3.63, 3.8) is 0 Å². The van der Waals surface area contributed by atoms with Crippen molar-refractivity contribution in [3.8, 4) is 11.1 Å². The van der Waals surface area contributed by atoms with Gasteiger partial charge >= 0.3 is 12.1 Å². The summed E-state index contributed by atoms with van der Waals surface area (Å²) in [6.07, 6.45) is -1.16. The SMILES string of the molecule is CCOC(=O)c1ccc2c(c1)c(-c1cccc(NS(=O)(=O)CC)c1)c(C)n2C(=O)O. The van der Waals surface area contributed by atoms with E-state index >= 15 is 0 Å². The fraction of sp³-hybridized carbons (Fsp3) is 0.238. The number of nitrogens with one attached hydrogen (secondary N) is 1. The molecule has 0 radical (unpaired) electrons. The Kier molecular flexibility index (Phi) is 5.84. The van der Waals surface area contributed by atoms with E-state index in [1.807, 2.05) is 0 Å². The van der Waals surface area contributed by atoms with Crippen LogP contribution >= 0.6 is 0 Å². The molecule has 0 amide bonds. The number of anilines is 1. The van der Waals surface area contributed by atoms with Crippen LogP contribution in [0.5, 0.6) is 0 Å². The van der Waals surface area contributed by atoms with Gasteiger partial charge < -0.3 is 9.84 Å². The van der Waals surface area contributed by atoms with Gasteiger partial charge in [-0.3, -0.25) is 4.72 Å². The van der Waals surface area contributed by atoms with Crippen molar-refractivity contribution in [2.45, 2.75) is 20.8 Å². The second kappa shape index (κ2) is 8.19. The van der Waals surface area contributed by atoms with Crippen LogP contribution in [0.25, 0.3) is 22.0 Å². The van der Waals surface area contributed by atoms with Gasteiger partial charge in [0.2, 0.25) is 10.0 Å². The number of carboxylic acid groups (broad SMARTS) is 1. The summed E-state index contributed by atoms with van der Waals surface area (Å²) in [5, 5.41) is 10.3. The fourth-order valence-electron chi connectivity index (χ4n) is 3.36. The number of nitrogens with zero attached hydrogens (tertiary/aromatic N) is 1. The standard InChI is InChI=1S/C21H22N2O6S/c1-4-29-20(24)15-9-10-18-17(12-15)19(13(3)23(18)21(25)26)14-7-6-8-16(11-14)22-30(27,28)5-2/h6-12,22H,4-5H2,1-3H3,(H,25,26). The van der Waals surface area contributed by atoms with E-state index in [0.29, 0.717) is 39.0 Å². The normalized spacial score (nSPS) is 11.4. The minimum atomic E-state index is -3.47. The number of carbonyl (C=O) groups excluding carboxylic acids is 1. The molecule has 3 rings (SSSR count). The maximum absolute atomic E-state index is 12.2. The number of hydrogen-bond acceptors (Lipinski definition) is 5. The predicted molar refractivity (Wildman–Crippen MR) is 115 cm³/mol. The van der Waals surface area contributed by atoms with Crippen molar-refractivity contribution in [3.05, 3.63) is 53.7 Å². The van der Waals surface area contributed by atoms with Crippen LogP contribution in [0, 0.1) is 6.92 Å². The van der Waals surface area contributed by atoms with Gasteiger partial charge in [0.05, 0.1) is 23.4 Å². The van der Waals surface area contributed by atoms with E-state index in [2.05, 4.69) is 4.72 Å². The van der Waals surface area contributed by atoms with Crippen molar-refractivity contribution in [1.82, 2.24) is 4.57 Å². The number of carbonyl (C=O) groups is 2. The number of sulfonamides is 1. The molecule has 1 heterocycles. The molecule has 0 spiro atoms. The molecule has 0 atom stereocenters. The number of aromatic nitrogens is 1. The molecule has 0 fully saturated rings. The molecule has 0 aliphatic carbocycles. The van der Waals surface area contributed by atoms with E-state index in [0.717, 1.165) is 4.57 Å². The van der Waals surface area contributed by atoms with E-state index in [1.54, 1.807) is 50.2 Å². The third-order valence-electron chi connectivity index (χ3n) is 4.71. The Hall–Kier alpha value is -3.33.